The summed E-state index contributed by atoms with van der Waals surface area (Å²) in [6, 6.07) is 0. The normalized spacial score (nSPS) is 31.8. The Kier molecular flexibility index (Phi) is 3.05. The predicted octanol–water partition coefficient (Wildman–Crippen LogP) is 1.29. The third kappa shape index (κ3) is 2.04. The molecule has 0 spiro atoms. The van der Waals surface area contributed by atoms with E-state index in [-0.39, 0.29) is 0 Å². The van der Waals surface area contributed by atoms with Crippen LogP contribution in [0.25, 0.3) is 0 Å². The van der Waals surface area contributed by atoms with Crippen LogP contribution in [0.3, 0.4) is 0 Å². The van der Waals surface area contributed by atoms with Crippen LogP contribution in [0, 0.1) is 11.8 Å². The Bertz CT molecular complexity index is 320. The van der Waals surface area contributed by atoms with Crippen LogP contribution in [0.2, 0.25) is 0 Å². The largest absolute Gasteiger partial charge is 0.330 e. The lowest BCUT2D eigenvalue weighted by Crippen LogP contribution is -2.29. The minimum atomic E-state index is 0.554. The molecule has 2 N–H and O–H groups in total. The average molecular weight is 208 g/mol. The smallest absolute Gasteiger partial charge is 0.0728 e. The summed E-state index contributed by atoms with van der Waals surface area (Å²) < 4.78 is 1.89. The van der Waals surface area contributed by atoms with E-state index >= 15 is 0 Å². The second kappa shape index (κ2) is 4.31. The van der Waals surface area contributed by atoms with Gasteiger partial charge in [-0.1, -0.05) is 18.6 Å². The maximum atomic E-state index is 5.85. The molecule has 2 rings (SSSR count). The van der Waals surface area contributed by atoms with Gasteiger partial charge in [0.25, 0.3) is 0 Å². The van der Waals surface area contributed by atoms with Crippen LogP contribution < -0.4 is 5.73 Å². The van der Waals surface area contributed by atoms with Crippen molar-refractivity contribution in [1.29, 1.82) is 0 Å². The lowest BCUT2D eigenvalue weighted by molar-refractivity contribution is 0.246. The molecule has 0 saturated heterocycles. The van der Waals surface area contributed by atoms with E-state index < -0.39 is 0 Å². The minimum Gasteiger partial charge on any atom is -0.330 e. The van der Waals surface area contributed by atoms with E-state index in [1.165, 1.54) is 25.0 Å². The SMILES string of the molecule is CC1CCC(CN)C(c2cnnn2C)C1. The summed E-state index contributed by atoms with van der Waals surface area (Å²) in [6.45, 7) is 3.10. The molecule has 0 aromatic carbocycles. The molecule has 0 radical (unpaired) electrons. The van der Waals surface area contributed by atoms with E-state index in [9.17, 15) is 0 Å². The quantitative estimate of drug-likeness (QED) is 0.797. The number of rotatable bonds is 2. The van der Waals surface area contributed by atoms with Crippen LogP contribution in [0.5, 0.6) is 0 Å². The van der Waals surface area contributed by atoms with E-state index in [2.05, 4.69) is 17.2 Å². The van der Waals surface area contributed by atoms with E-state index in [1.807, 2.05) is 17.9 Å². The molecule has 1 aromatic rings. The van der Waals surface area contributed by atoms with Crippen LogP contribution in [-0.4, -0.2) is 21.5 Å². The third-order valence-corrected chi connectivity index (χ3v) is 3.69. The van der Waals surface area contributed by atoms with Crippen LogP contribution in [-0.2, 0) is 7.05 Å². The maximum absolute atomic E-state index is 5.85. The van der Waals surface area contributed by atoms with Crippen LogP contribution in [0.4, 0.5) is 0 Å². The molecule has 1 saturated carbocycles. The summed E-state index contributed by atoms with van der Waals surface area (Å²) in [5, 5.41) is 7.97. The Morgan fingerprint density at radius 3 is 2.93 bits per heavy atom. The van der Waals surface area contributed by atoms with Gasteiger partial charge >= 0.3 is 0 Å². The number of nitrogens with zero attached hydrogens (tertiary/aromatic N) is 3. The molecule has 4 heteroatoms. The standard InChI is InChI=1S/C11H20N4/c1-8-3-4-9(6-12)10(5-8)11-7-13-14-15(11)2/h7-10H,3-6,12H2,1-2H3. The fourth-order valence-corrected chi connectivity index (χ4v) is 2.72. The van der Waals surface area contributed by atoms with E-state index in [0.29, 0.717) is 11.8 Å². The average Bonchev–Trinajstić information content (AvgIpc) is 2.64. The minimum absolute atomic E-state index is 0.554. The Labute approximate surface area is 90.8 Å². The Balaban J connectivity index is 2.20. The van der Waals surface area contributed by atoms with Crippen molar-refractivity contribution < 1.29 is 0 Å². The van der Waals surface area contributed by atoms with Crippen molar-refractivity contribution in [3.8, 4) is 0 Å². The molecule has 3 atom stereocenters. The predicted molar refractivity (Wildman–Crippen MR) is 59.3 cm³/mol. The fourth-order valence-electron chi connectivity index (χ4n) is 2.72. The zero-order chi connectivity index (χ0) is 10.8. The van der Waals surface area contributed by atoms with Gasteiger partial charge in [0.15, 0.2) is 0 Å². The molecule has 4 nitrogen and oxygen atoms in total. The zero-order valence-corrected chi connectivity index (χ0v) is 9.56. The van der Waals surface area contributed by atoms with Crippen molar-refractivity contribution in [2.75, 3.05) is 6.54 Å². The summed E-state index contributed by atoms with van der Waals surface area (Å²) >= 11 is 0. The van der Waals surface area contributed by atoms with Gasteiger partial charge in [0, 0.05) is 13.0 Å². The topological polar surface area (TPSA) is 56.7 Å². The monoisotopic (exact) mass is 208 g/mol. The van der Waals surface area contributed by atoms with Gasteiger partial charge in [0.1, 0.15) is 0 Å². The van der Waals surface area contributed by atoms with Crippen LogP contribution >= 0.6 is 0 Å². The first-order chi connectivity index (χ1) is 7.22. The first-order valence-corrected chi connectivity index (χ1v) is 5.77. The molecule has 1 aliphatic rings. The zero-order valence-electron chi connectivity index (χ0n) is 9.56. The lowest BCUT2D eigenvalue weighted by Gasteiger charge is -2.33. The molecule has 1 heterocycles. The van der Waals surface area contributed by atoms with Crippen molar-refractivity contribution >= 4 is 0 Å². The molecule has 3 unspecified atom stereocenters. The van der Waals surface area contributed by atoms with Crippen molar-refractivity contribution in [3.63, 3.8) is 0 Å². The van der Waals surface area contributed by atoms with E-state index in [4.69, 9.17) is 5.73 Å². The highest BCUT2D eigenvalue weighted by atomic mass is 15.4. The molecule has 84 valence electrons. The Hall–Kier alpha value is -0.900. The molecular weight excluding hydrogens is 188 g/mol. The highest BCUT2D eigenvalue weighted by molar-refractivity contribution is 5.07. The van der Waals surface area contributed by atoms with Crippen LogP contribution in [0.1, 0.15) is 37.8 Å². The molecule has 0 amide bonds. The molecular formula is C11H20N4. The first-order valence-electron chi connectivity index (χ1n) is 5.77. The van der Waals surface area contributed by atoms with Gasteiger partial charge in [-0.2, -0.15) is 0 Å². The Morgan fingerprint density at radius 2 is 2.33 bits per heavy atom. The number of hydrogen-bond donors (Lipinski definition) is 1. The van der Waals surface area contributed by atoms with Crippen molar-refractivity contribution in [2.24, 2.45) is 24.6 Å². The first kappa shape index (κ1) is 10.6. The summed E-state index contributed by atoms with van der Waals surface area (Å²) in [7, 11) is 1.97. The van der Waals surface area contributed by atoms with E-state index in [0.717, 1.165) is 12.5 Å². The summed E-state index contributed by atoms with van der Waals surface area (Å²) in [5.74, 6) is 1.96. The van der Waals surface area contributed by atoms with Gasteiger partial charge in [0.05, 0.1) is 11.9 Å². The van der Waals surface area contributed by atoms with Crippen LogP contribution in [0.15, 0.2) is 6.20 Å². The molecule has 15 heavy (non-hydrogen) atoms. The number of aryl methyl sites for hydroxylation is 1. The molecule has 1 fully saturated rings. The fraction of sp³-hybridized carbons (Fsp3) is 0.818. The second-order valence-electron chi connectivity index (χ2n) is 4.80. The summed E-state index contributed by atoms with van der Waals surface area (Å²) in [4.78, 5) is 0. The molecule has 0 aliphatic heterocycles. The second-order valence-corrected chi connectivity index (χ2v) is 4.80. The summed E-state index contributed by atoms with van der Waals surface area (Å²) in [5.41, 5.74) is 7.09. The number of hydrogen-bond acceptors (Lipinski definition) is 3. The highest BCUT2D eigenvalue weighted by Crippen LogP contribution is 2.39. The van der Waals surface area contributed by atoms with Gasteiger partial charge in [-0.15, -0.1) is 5.10 Å². The Morgan fingerprint density at radius 1 is 1.53 bits per heavy atom. The van der Waals surface area contributed by atoms with Gasteiger partial charge in [0.2, 0.25) is 0 Å². The van der Waals surface area contributed by atoms with Gasteiger partial charge in [-0.25, -0.2) is 0 Å². The van der Waals surface area contributed by atoms with Crippen molar-refractivity contribution in [1.82, 2.24) is 15.0 Å². The molecule has 1 aliphatic carbocycles. The van der Waals surface area contributed by atoms with Gasteiger partial charge in [-0.3, -0.25) is 4.68 Å². The van der Waals surface area contributed by atoms with Crippen molar-refractivity contribution in [2.45, 2.75) is 32.1 Å². The lowest BCUT2D eigenvalue weighted by atomic mass is 9.73. The third-order valence-electron chi connectivity index (χ3n) is 3.69. The molecule has 0 bridgehead atoms. The van der Waals surface area contributed by atoms with E-state index in [1.54, 1.807) is 0 Å². The molecule has 1 aromatic heterocycles. The maximum Gasteiger partial charge on any atom is 0.0728 e. The summed E-state index contributed by atoms with van der Waals surface area (Å²) in [6.07, 6.45) is 5.67. The van der Waals surface area contributed by atoms with Crippen molar-refractivity contribution in [3.05, 3.63) is 11.9 Å². The highest BCUT2D eigenvalue weighted by Gasteiger charge is 2.30. The van der Waals surface area contributed by atoms with Gasteiger partial charge < -0.3 is 5.73 Å². The van der Waals surface area contributed by atoms with Gasteiger partial charge in [-0.05, 0) is 31.2 Å². The number of nitrogens with two attached hydrogens (primary N) is 1. The number of aromatic nitrogens is 3.